The molecule has 0 radical (unpaired) electrons. The fraction of sp³-hybridized carbons (Fsp3) is 0.412. The Balaban J connectivity index is 1.73. The van der Waals surface area contributed by atoms with Gasteiger partial charge in [-0.15, -0.1) is 11.3 Å². The van der Waals surface area contributed by atoms with E-state index >= 15 is 0 Å². The van der Waals surface area contributed by atoms with E-state index in [1.54, 1.807) is 11.3 Å². The van der Waals surface area contributed by atoms with Crippen molar-refractivity contribution in [2.45, 2.75) is 38.5 Å². The molecule has 0 saturated carbocycles. The van der Waals surface area contributed by atoms with Gasteiger partial charge in [-0.2, -0.15) is 0 Å². The summed E-state index contributed by atoms with van der Waals surface area (Å²) >= 11 is 1.54. The zero-order chi connectivity index (χ0) is 15.6. The molecule has 0 fully saturated rings. The smallest absolute Gasteiger partial charge is 0.226 e. The van der Waals surface area contributed by atoms with Gasteiger partial charge in [-0.25, -0.2) is 4.98 Å². The second-order valence-corrected chi connectivity index (χ2v) is 6.41. The number of nitrogens with two attached hydrogens (primary N) is 1. The molecule has 118 valence electrons. The second-order valence-electron chi connectivity index (χ2n) is 5.30. The number of unbranched alkanes of at least 4 members (excludes halogenated alkanes) is 3. The number of nitrogens with one attached hydrogen (secondary N) is 1. The third-order valence-corrected chi connectivity index (χ3v) is 4.29. The summed E-state index contributed by atoms with van der Waals surface area (Å²) in [6, 6.07) is 10.3. The average molecular weight is 317 g/mol. The quantitative estimate of drug-likeness (QED) is 0.695. The first-order valence-electron chi connectivity index (χ1n) is 7.76. The number of benzene rings is 1. The van der Waals surface area contributed by atoms with Crippen LogP contribution in [0.3, 0.4) is 0 Å². The van der Waals surface area contributed by atoms with E-state index in [2.05, 4.69) is 22.4 Å². The molecule has 0 unspecified atom stereocenters. The highest BCUT2D eigenvalue weighted by molar-refractivity contribution is 7.15. The van der Waals surface area contributed by atoms with Crippen molar-refractivity contribution in [3.8, 4) is 0 Å². The minimum Gasteiger partial charge on any atom is -0.330 e. The Morgan fingerprint density at radius 2 is 1.91 bits per heavy atom. The Morgan fingerprint density at radius 1 is 1.14 bits per heavy atom. The van der Waals surface area contributed by atoms with Crippen LogP contribution >= 0.6 is 11.3 Å². The van der Waals surface area contributed by atoms with Crippen LogP contribution in [0, 0.1) is 0 Å². The summed E-state index contributed by atoms with van der Waals surface area (Å²) in [6.45, 7) is 0.732. The molecule has 0 saturated heterocycles. The molecule has 22 heavy (non-hydrogen) atoms. The number of rotatable bonds is 9. The number of nitrogens with zero attached hydrogens (tertiary/aromatic N) is 1. The molecule has 2 rings (SSSR count). The number of carbonyl (C=O) groups excluding carboxylic acids is 1. The van der Waals surface area contributed by atoms with E-state index in [1.165, 1.54) is 5.56 Å². The fourth-order valence-corrected chi connectivity index (χ4v) is 3.07. The van der Waals surface area contributed by atoms with Gasteiger partial charge in [-0.1, -0.05) is 43.2 Å². The van der Waals surface area contributed by atoms with Crippen LogP contribution in [0.1, 0.15) is 42.5 Å². The van der Waals surface area contributed by atoms with Crippen LogP contribution in [0.4, 0.5) is 5.13 Å². The van der Waals surface area contributed by atoms with Crippen molar-refractivity contribution < 1.29 is 4.79 Å². The summed E-state index contributed by atoms with van der Waals surface area (Å²) in [7, 11) is 0. The van der Waals surface area contributed by atoms with Gasteiger partial charge in [0, 0.05) is 23.9 Å². The minimum absolute atomic E-state index is 0.0494. The van der Waals surface area contributed by atoms with E-state index in [-0.39, 0.29) is 5.91 Å². The van der Waals surface area contributed by atoms with Crippen molar-refractivity contribution in [3.63, 3.8) is 0 Å². The molecular formula is C17H23N3OS. The number of aromatic nitrogens is 1. The first kappa shape index (κ1) is 16.6. The molecule has 1 aromatic carbocycles. The molecule has 3 N–H and O–H groups in total. The van der Waals surface area contributed by atoms with E-state index in [9.17, 15) is 4.79 Å². The molecule has 0 aliphatic rings. The highest BCUT2D eigenvalue weighted by Gasteiger charge is 2.07. The third-order valence-electron chi connectivity index (χ3n) is 3.38. The zero-order valence-electron chi connectivity index (χ0n) is 12.8. The lowest BCUT2D eigenvalue weighted by atomic mass is 10.1. The highest BCUT2D eigenvalue weighted by atomic mass is 32.1. The number of hydrogen-bond acceptors (Lipinski definition) is 4. The van der Waals surface area contributed by atoms with Crippen molar-refractivity contribution in [2.24, 2.45) is 5.73 Å². The van der Waals surface area contributed by atoms with Crippen molar-refractivity contribution in [1.29, 1.82) is 0 Å². The summed E-state index contributed by atoms with van der Waals surface area (Å²) < 4.78 is 0. The number of anilines is 1. The normalized spacial score (nSPS) is 10.6. The standard InChI is InChI=1S/C17H23N3OS/c18-11-7-2-1-6-10-16(21)20-17-19-13-15(22-17)12-14-8-4-3-5-9-14/h3-5,8-9,13H,1-2,6-7,10-12,18H2,(H,19,20,21). The molecule has 5 heteroatoms. The van der Waals surface area contributed by atoms with Crippen LogP contribution in [-0.4, -0.2) is 17.4 Å². The maximum Gasteiger partial charge on any atom is 0.226 e. The largest absolute Gasteiger partial charge is 0.330 e. The molecule has 2 aromatic rings. The molecule has 0 aliphatic heterocycles. The van der Waals surface area contributed by atoms with Crippen LogP contribution in [0.2, 0.25) is 0 Å². The molecule has 4 nitrogen and oxygen atoms in total. The van der Waals surface area contributed by atoms with E-state index < -0.39 is 0 Å². The summed E-state index contributed by atoms with van der Waals surface area (Å²) in [5, 5.41) is 3.58. The molecular weight excluding hydrogens is 294 g/mol. The van der Waals surface area contributed by atoms with Crippen LogP contribution in [0.5, 0.6) is 0 Å². The Labute approximate surface area is 135 Å². The predicted octanol–water partition coefficient (Wildman–Crippen LogP) is 3.58. The van der Waals surface area contributed by atoms with Gasteiger partial charge in [-0.05, 0) is 24.9 Å². The van der Waals surface area contributed by atoms with Crippen molar-refractivity contribution in [2.75, 3.05) is 11.9 Å². The third kappa shape index (κ3) is 5.95. The number of thiazole rings is 1. The van der Waals surface area contributed by atoms with E-state index in [4.69, 9.17) is 5.73 Å². The average Bonchev–Trinajstić information content (AvgIpc) is 2.95. The minimum atomic E-state index is 0.0494. The zero-order valence-corrected chi connectivity index (χ0v) is 13.6. The van der Waals surface area contributed by atoms with Crippen LogP contribution in [-0.2, 0) is 11.2 Å². The lowest BCUT2D eigenvalue weighted by Crippen LogP contribution is -2.10. The molecule has 0 bridgehead atoms. The van der Waals surface area contributed by atoms with Gasteiger partial charge in [-0.3, -0.25) is 4.79 Å². The number of hydrogen-bond donors (Lipinski definition) is 2. The van der Waals surface area contributed by atoms with Gasteiger partial charge in [0.1, 0.15) is 0 Å². The first-order valence-corrected chi connectivity index (χ1v) is 8.58. The molecule has 1 heterocycles. The Kier molecular flexibility index (Phi) is 7.06. The van der Waals surface area contributed by atoms with E-state index in [0.29, 0.717) is 11.6 Å². The maximum absolute atomic E-state index is 11.8. The monoisotopic (exact) mass is 317 g/mol. The van der Waals surface area contributed by atoms with Gasteiger partial charge in [0.2, 0.25) is 5.91 Å². The summed E-state index contributed by atoms with van der Waals surface area (Å²) in [4.78, 5) is 17.3. The summed E-state index contributed by atoms with van der Waals surface area (Å²) in [6.07, 6.45) is 7.36. The van der Waals surface area contributed by atoms with Crippen molar-refractivity contribution in [3.05, 3.63) is 47.0 Å². The molecule has 1 aromatic heterocycles. The van der Waals surface area contributed by atoms with Gasteiger partial charge >= 0.3 is 0 Å². The SMILES string of the molecule is NCCCCCCC(=O)Nc1ncc(Cc2ccccc2)s1. The predicted molar refractivity (Wildman–Crippen MR) is 92.1 cm³/mol. The Bertz CT molecular complexity index is 568. The van der Waals surface area contributed by atoms with E-state index in [1.807, 2.05) is 24.4 Å². The fourth-order valence-electron chi connectivity index (χ4n) is 2.21. The topological polar surface area (TPSA) is 68.0 Å². The van der Waals surface area contributed by atoms with Crippen LogP contribution in [0.15, 0.2) is 36.5 Å². The number of carbonyl (C=O) groups is 1. The second kappa shape index (κ2) is 9.33. The Hall–Kier alpha value is -1.72. The maximum atomic E-state index is 11.8. The van der Waals surface area contributed by atoms with Gasteiger partial charge in [0.25, 0.3) is 0 Å². The van der Waals surface area contributed by atoms with Crippen molar-refractivity contribution >= 4 is 22.4 Å². The molecule has 0 aliphatic carbocycles. The van der Waals surface area contributed by atoms with Gasteiger partial charge in [0.15, 0.2) is 5.13 Å². The van der Waals surface area contributed by atoms with Crippen LogP contribution < -0.4 is 11.1 Å². The lowest BCUT2D eigenvalue weighted by molar-refractivity contribution is -0.116. The van der Waals surface area contributed by atoms with Crippen molar-refractivity contribution in [1.82, 2.24) is 4.98 Å². The summed E-state index contributed by atoms with van der Waals surface area (Å²) in [5.74, 6) is 0.0494. The molecule has 1 amide bonds. The molecule has 0 spiro atoms. The van der Waals surface area contributed by atoms with Gasteiger partial charge < -0.3 is 11.1 Å². The van der Waals surface area contributed by atoms with Crippen LogP contribution in [0.25, 0.3) is 0 Å². The highest BCUT2D eigenvalue weighted by Crippen LogP contribution is 2.21. The van der Waals surface area contributed by atoms with Gasteiger partial charge in [0.05, 0.1) is 0 Å². The molecule has 0 atom stereocenters. The number of amides is 1. The first-order chi connectivity index (χ1) is 10.8. The lowest BCUT2D eigenvalue weighted by Gasteiger charge is -2.01. The Morgan fingerprint density at radius 3 is 2.68 bits per heavy atom. The summed E-state index contributed by atoms with van der Waals surface area (Å²) in [5.41, 5.74) is 6.70. The van der Waals surface area contributed by atoms with E-state index in [0.717, 1.165) is 43.5 Å².